The first-order valence-electron chi connectivity index (χ1n) is 6.56. The SMILES string of the molecule is CCNC(CS(=O)c1cc(Cl)ccc1Cl)C(C)CC. The summed E-state index contributed by atoms with van der Waals surface area (Å²) in [7, 11) is -1.14. The molecule has 0 heterocycles. The van der Waals surface area contributed by atoms with E-state index in [0.29, 0.717) is 26.6 Å². The van der Waals surface area contributed by atoms with E-state index in [1.165, 1.54) is 0 Å². The Hall–Kier alpha value is -0.0900. The molecule has 5 heteroatoms. The normalized spacial score (nSPS) is 16.1. The molecule has 0 aromatic heterocycles. The third-order valence-electron chi connectivity index (χ3n) is 3.27. The second-order valence-corrected chi connectivity index (χ2v) is 6.94. The molecule has 2 nitrogen and oxygen atoms in total. The average molecular weight is 322 g/mol. The largest absolute Gasteiger partial charge is 0.313 e. The molecule has 1 aromatic carbocycles. The second kappa shape index (κ2) is 8.25. The summed E-state index contributed by atoms with van der Waals surface area (Å²) >= 11 is 12.0. The van der Waals surface area contributed by atoms with E-state index in [2.05, 4.69) is 26.1 Å². The monoisotopic (exact) mass is 321 g/mol. The number of rotatable bonds is 7. The van der Waals surface area contributed by atoms with E-state index < -0.39 is 10.8 Å². The summed E-state index contributed by atoms with van der Waals surface area (Å²) in [6.45, 7) is 7.24. The van der Waals surface area contributed by atoms with Crippen LogP contribution in [0.25, 0.3) is 0 Å². The van der Waals surface area contributed by atoms with Crippen LogP contribution in [0.5, 0.6) is 0 Å². The summed E-state index contributed by atoms with van der Waals surface area (Å²) in [4.78, 5) is 0.625. The summed E-state index contributed by atoms with van der Waals surface area (Å²) in [5, 5.41) is 4.48. The van der Waals surface area contributed by atoms with Crippen molar-refractivity contribution in [2.75, 3.05) is 12.3 Å². The van der Waals surface area contributed by atoms with Gasteiger partial charge in [-0.05, 0) is 30.7 Å². The maximum atomic E-state index is 12.5. The van der Waals surface area contributed by atoms with Crippen LogP contribution in [0.2, 0.25) is 10.0 Å². The smallest absolute Gasteiger partial charge is 0.0589 e. The van der Waals surface area contributed by atoms with Crippen LogP contribution < -0.4 is 5.32 Å². The zero-order chi connectivity index (χ0) is 14.4. The number of hydrogen-bond donors (Lipinski definition) is 1. The van der Waals surface area contributed by atoms with E-state index >= 15 is 0 Å². The van der Waals surface area contributed by atoms with Crippen LogP contribution in [0.3, 0.4) is 0 Å². The maximum Gasteiger partial charge on any atom is 0.0589 e. The maximum absolute atomic E-state index is 12.5. The lowest BCUT2D eigenvalue weighted by atomic mass is 10.0. The number of nitrogens with one attached hydrogen (secondary N) is 1. The van der Waals surface area contributed by atoms with Crippen LogP contribution in [-0.2, 0) is 10.8 Å². The molecule has 1 rings (SSSR count). The van der Waals surface area contributed by atoms with Crippen molar-refractivity contribution in [3.05, 3.63) is 28.2 Å². The van der Waals surface area contributed by atoms with E-state index in [4.69, 9.17) is 23.2 Å². The third-order valence-corrected chi connectivity index (χ3v) is 5.43. The van der Waals surface area contributed by atoms with E-state index in [1.807, 2.05) is 0 Å². The quantitative estimate of drug-likeness (QED) is 0.818. The highest BCUT2D eigenvalue weighted by Crippen LogP contribution is 2.25. The highest BCUT2D eigenvalue weighted by atomic mass is 35.5. The molecule has 3 unspecified atom stereocenters. The predicted octanol–water partition coefficient (Wildman–Crippen LogP) is 4.13. The average Bonchev–Trinajstić information content (AvgIpc) is 2.40. The Morgan fingerprint density at radius 3 is 2.58 bits per heavy atom. The van der Waals surface area contributed by atoms with Gasteiger partial charge in [-0.1, -0.05) is 50.4 Å². The standard InChI is InChI=1S/C14H21Cl2NOS/c1-4-10(3)13(17-5-2)9-19(18)14-8-11(15)6-7-12(14)16/h6-8,10,13,17H,4-5,9H2,1-3H3. The van der Waals surface area contributed by atoms with Crippen LogP contribution in [0.15, 0.2) is 23.1 Å². The molecule has 0 amide bonds. The van der Waals surface area contributed by atoms with Crippen LogP contribution >= 0.6 is 23.2 Å². The minimum atomic E-state index is -1.14. The molecule has 0 fully saturated rings. The first-order chi connectivity index (χ1) is 8.99. The number of benzene rings is 1. The lowest BCUT2D eigenvalue weighted by Crippen LogP contribution is -2.39. The fourth-order valence-electron chi connectivity index (χ4n) is 1.88. The molecule has 0 saturated carbocycles. The Bertz CT molecular complexity index is 439. The Morgan fingerprint density at radius 2 is 2.00 bits per heavy atom. The van der Waals surface area contributed by atoms with Crippen LogP contribution in [-0.4, -0.2) is 22.5 Å². The van der Waals surface area contributed by atoms with E-state index in [9.17, 15) is 4.21 Å². The van der Waals surface area contributed by atoms with Crippen LogP contribution in [0.4, 0.5) is 0 Å². The highest BCUT2D eigenvalue weighted by molar-refractivity contribution is 7.85. The van der Waals surface area contributed by atoms with Gasteiger partial charge in [0.15, 0.2) is 0 Å². The van der Waals surface area contributed by atoms with Crippen molar-refractivity contribution < 1.29 is 4.21 Å². The summed E-state index contributed by atoms with van der Waals surface area (Å²) in [6, 6.07) is 5.33. The molecule has 0 aliphatic carbocycles. The zero-order valence-corrected chi connectivity index (χ0v) is 13.9. The molecular formula is C14H21Cl2NOS. The van der Waals surface area contributed by atoms with Crippen molar-refractivity contribution in [3.63, 3.8) is 0 Å². The van der Waals surface area contributed by atoms with E-state index in [-0.39, 0.29) is 6.04 Å². The molecular weight excluding hydrogens is 301 g/mol. The minimum Gasteiger partial charge on any atom is -0.313 e. The Balaban J connectivity index is 2.84. The molecule has 3 atom stereocenters. The lowest BCUT2D eigenvalue weighted by Gasteiger charge is -2.23. The van der Waals surface area contributed by atoms with Crippen molar-refractivity contribution in [1.82, 2.24) is 5.32 Å². The third kappa shape index (κ3) is 5.07. The second-order valence-electron chi connectivity index (χ2n) is 4.64. The summed E-state index contributed by atoms with van der Waals surface area (Å²) in [5.41, 5.74) is 0. The van der Waals surface area contributed by atoms with Gasteiger partial charge in [0.2, 0.25) is 0 Å². The minimum absolute atomic E-state index is 0.228. The molecule has 0 aliphatic heterocycles. The molecule has 1 aromatic rings. The van der Waals surface area contributed by atoms with Crippen molar-refractivity contribution >= 4 is 34.0 Å². The fourth-order valence-corrected chi connectivity index (χ4v) is 3.98. The first kappa shape index (κ1) is 17.0. The summed E-state index contributed by atoms with van der Waals surface area (Å²) in [5.74, 6) is 1.03. The van der Waals surface area contributed by atoms with Gasteiger partial charge in [0.05, 0.1) is 20.7 Å². The number of halogens is 2. The molecule has 0 bridgehead atoms. The van der Waals surface area contributed by atoms with Crippen molar-refractivity contribution in [1.29, 1.82) is 0 Å². The van der Waals surface area contributed by atoms with Crippen molar-refractivity contribution in [2.45, 2.75) is 38.1 Å². The molecule has 0 radical (unpaired) electrons. The molecule has 108 valence electrons. The zero-order valence-electron chi connectivity index (χ0n) is 11.6. The van der Waals surface area contributed by atoms with Crippen LogP contribution in [0, 0.1) is 5.92 Å². The summed E-state index contributed by atoms with van der Waals surface area (Å²) < 4.78 is 12.5. The molecule has 1 N–H and O–H groups in total. The molecule has 0 saturated heterocycles. The summed E-state index contributed by atoms with van der Waals surface area (Å²) in [6.07, 6.45) is 1.05. The Labute approximate surface area is 128 Å². The van der Waals surface area contributed by atoms with Crippen molar-refractivity contribution in [3.8, 4) is 0 Å². The number of hydrogen-bond acceptors (Lipinski definition) is 2. The van der Waals surface area contributed by atoms with Crippen LogP contribution in [0.1, 0.15) is 27.2 Å². The Kier molecular flexibility index (Phi) is 7.37. The highest BCUT2D eigenvalue weighted by Gasteiger charge is 2.20. The van der Waals surface area contributed by atoms with Gasteiger partial charge in [0.1, 0.15) is 0 Å². The van der Waals surface area contributed by atoms with E-state index in [1.54, 1.807) is 18.2 Å². The lowest BCUT2D eigenvalue weighted by molar-refractivity contribution is 0.401. The molecule has 0 aliphatic rings. The van der Waals surface area contributed by atoms with Gasteiger partial charge in [-0.2, -0.15) is 0 Å². The predicted molar refractivity (Wildman–Crippen MR) is 84.7 cm³/mol. The van der Waals surface area contributed by atoms with Gasteiger partial charge in [0.25, 0.3) is 0 Å². The van der Waals surface area contributed by atoms with Gasteiger partial charge >= 0.3 is 0 Å². The molecule has 19 heavy (non-hydrogen) atoms. The van der Waals surface area contributed by atoms with Gasteiger partial charge < -0.3 is 5.32 Å². The topological polar surface area (TPSA) is 29.1 Å². The molecule has 0 spiro atoms. The fraction of sp³-hybridized carbons (Fsp3) is 0.571. The van der Waals surface area contributed by atoms with Gasteiger partial charge in [-0.25, -0.2) is 0 Å². The van der Waals surface area contributed by atoms with Gasteiger partial charge in [-0.15, -0.1) is 0 Å². The van der Waals surface area contributed by atoms with Gasteiger partial charge in [0, 0.05) is 16.8 Å². The van der Waals surface area contributed by atoms with Crippen molar-refractivity contribution in [2.24, 2.45) is 5.92 Å². The Morgan fingerprint density at radius 1 is 1.32 bits per heavy atom. The first-order valence-corrected chi connectivity index (χ1v) is 8.63. The van der Waals surface area contributed by atoms with E-state index in [0.717, 1.165) is 13.0 Å². The van der Waals surface area contributed by atoms with Gasteiger partial charge in [-0.3, -0.25) is 4.21 Å².